The lowest BCUT2D eigenvalue weighted by atomic mass is 10.1. The Labute approximate surface area is 141 Å². The zero-order chi connectivity index (χ0) is 18.4. The van der Waals surface area contributed by atoms with Crippen LogP contribution in [0.25, 0.3) is 0 Å². The summed E-state index contributed by atoms with van der Waals surface area (Å²) in [5.41, 5.74) is 1.34. The molecule has 2 rings (SSSR count). The van der Waals surface area contributed by atoms with Gasteiger partial charge < -0.3 is 19.9 Å². The maximum atomic E-state index is 12.0. The molecule has 6 nitrogen and oxygen atoms in total. The molecule has 1 fully saturated rings. The summed E-state index contributed by atoms with van der Waals surface area (Å²) in [7, 11) is 0. The molecule has 0 unspecified atom stereocenters. The lowest BCUT2D eigenvalue weighted by molar-refractivity contribution is -0.176. The van der Waals surface area contributed by atoms with E-state index in [0.717, 1.165) is 5.56 Å². The second-order valence-corrected chi connectivity index (χ2v) is 5.67. The number of aliphatic carboxylic acids is 1. The van der Waals surface area contributed by atoms with Crippen LogP contribution in [0.5, 0.6) is 0 Å². The van der Waals surface area contributed by atoms with Crippen LogP contribution < -0.4 is 5.32 Å². The Morgan fingerprint density at radius 3 is 2.32 bits per heavy atom. The van der Waals surface area contributed by atoms with Crippen LogP contribution >= 0.6 is 0 Å². The molecule has 1 saturated heterocycles. The van der Waals surface area contributed by atoms with E-state index in [1.54, 1.807) is 24.3 Å². The van der Waals surface area contributed by atoms with Crippen molar-refractivity contribution in [3.8, 4) is 0 Å². The molecule has 2 atom stereocenters. The van der Waals surface area contributed by atoms with Crippen molar-refractivity contribution < 1.29 is 37.3 Å². The molecule has 1 aromatic rings. The van der Waals surface area contributed by atoms with Gasteiger partial charge in [-0.15, -0.1) is 0 Å². The molecule has 1 heterocycles. The van der Waals surface area contributed by atoms with E-state index in [4.69, 9.17) is 9.84 Å². The molecule has 0 saturated carbocycles. The maximum Gasteiger partial charge on any atom is 0.411 e. The Morgan fingerprint density at radius 2 is 1.76 bits per heavy atom. The van der Waals surface area contributed by atoms with Gasteiger partial charge in [0.15, 0.2) is 6.10 Å². The van der Waals surface area contributed by atoms with Crippen LogP contribution in [0.15, 0.2) is 24.3 Å². The van der Waals surface area contributed by atoms with E-state index in [-0.39, 0.29) is 19.1 Å². The second-order valence-electron chi connectivity index (χ2n) is 5.67. The van der Waals surface area contributed by atoms with Crippen molar-refractivity contribution in [2.45, 2.75) is 44.4 Å². The Kier molecular flexibility index (Phi) is 6.38. The molecular weight excluding hydrogens is 343 g/mol. The number of halogens is 3. The van der Waals surface area contributed by atoms with Gasteiger partial charge in [-0.3, -0.25) is 4.79 Å². The predicted molar refractivity (Wildman–Crippen MR) is 79.5 cm³/mol. The van der Waals surface area contributed by atoms with Gasteiger partial charge in [0.1, 0.15) is 12.7 Å². The van der Waals surface area contributed by atoms with Crippen molar-refractivity contribution in [3.63, 3.8) is 0 Å². The van der Waals surface area contributed by atoms with Gasteiger partial charge in [-0.1, -0.05) is 24.3 Å². The first-order valence-corrected chi connectivity index (χ1v) is 7.63. The Bertz CT molecular complexity index is 603. The predicted octanol–water partition coefficient (Wildman–Crippen LogP) is 2.01. The van der Waals surface area contributed by atoms with Gasteiger partial charge in [-0.2, -0.15) is 13.2 Å². The average Bonchev–Trinajstić information content (AvgIpc) is 3.03. The summed E-state index contributed by atoms with van der Waals surface area (Å²) in [6.45, 7) is -1.25. The van der Waals surface area contributed by atoms with Crippen molar-refractivity contribution in [2.24, 2.45) is 0 Å². The second kappa shape index (κ2) is 8.30. The van der Waals surface area contributed by atoms with Crippen LogP contribution in [0.3, 0.4) is 0 Å². The molecular formula is C16H18F3NO5. The number of benzene rings is 1. The van der Waals surface area contributed by atoms with E-state index in [0.29, 0.717) is 18.4 Å². The number of hydrogen-bond acceptors (Lipinski definition) is 4. The summed E-state index contributed by atoms with van der Waals surface area (Å²) in [6.07, 6.45) is -5.45. The third-order valence-corrected chi connectivity index (χ3v) is 3.61. The lowest BCUT2D eigenvalue weighted by Gasteiger charge is -2.12. The minimum Gasteiger partial charge on any atom is -0.479 e. The largest absolute Gasteiger partial charge is 0.479 e. The molecule has 1 amide bonds. The molecule has 0 aliphatic carbocycles. The highest BCUT2D eigenvalue weighted by molar-refractivity contribution is 5.82. The molecule has 0 bridgehead atoms. The number of carbonyl (C=O) groups is 2. The van der Waals surface area contributed by atoms with Gasteiger partial charge in [0.2, 0.25) is 5.91 Å². The van der Waals surface area contributed by atoms with Crippen LogP contribution in [0.4, 0.5) is 13.2 Å². The topological polar surface area (TPSA) is 84.9 Å². The summed E-state index contributed by atoms with van der Waals surface area (Å²) in [6, 6.07) is 6.57. The molecule has 1 aliphatic heterocycles. The van der Waals surface area contributed by atoms with Crippen LogP contribution in [-0.2, 0) is 32.2 Å². The first-order chi connectivity index (χ1) is 11.7. The number of ether oxygens (including phenoxy) is 2. The maximum absolute atomic E-state index is 12.0. The van der Waals surface area contributed by atoms with E-state index in [2.05, 4.69) is 10.1 Å². The highest BCUT2D eigenvalue weighted by atomic mass is 19.4. The molecule has 1 aliphatic rings. The first kappa shape index (κ1) is 19.2. The van der Waals surface area contributed by atoms with Crippen LogP contribution in [-0.4, -0.2) is 42.0 Å². The van der Waals surface area contributed by atoms with Gasteiger partial charge in [-0.05, 0) is 24.0 Å². The monoisotopic (exact) mass is 361 g/mol. The normalized spacial score (nSPS) is 20.4. The standard InChI is InChI=1S/C16H18F3NO5/c17-16(18,19)9-24-8-11-3-1-10(2-4-11)7-20-14(21)12-5-6-13(25-12)15(22)23/h1-4,12-13H,5-9H2,(H,20,21)(H,22,23)/t12-,13+/m0/s1. The molecule has 0 radical (unpaired) electrons. The fourth-order valence-corrected chi connectivity index (χ4v) is 2.35. The first-order valence-electron chi connectivity index (χ1n) is 7.63. The third-order valence-electron chi connectivity index (χ3n) is 3.61. The van der Waals surface area contributed by atoms with Crippen molar-refractivity contribution in [3.05, 3.63) is 35.4 Å². The average molecular weight is 361 g/mol. The smallest absolute Gasteiger partial charge is 0.411 e. The van der Waals surface area contributed by atoms with Gasteiger partial charge in [0, 0.05) is 6.54 Å². The fraction of sp³-hybridized carbons (Fsp3) is 0.500. The quantitative estimate of drug-likeness (QED) is 0.776. The number of carbonyl (C=O) groups excluding carboxylic acids is 1. The van der Waals surface area contributed by atoms with E-state index < -0.39 is 31.0 Å². The zero-order valence-electron chi connectivity index (χ0n) is 13.2. The zero-order valence-corrected chi connectivity index (χ0v) is 13.2. The number of nitrogens with one attached hydrogen (secondary N) is 1. The summed E-state index contributed by atoms with van der Waals surface area (Å²) in [5, 5.41) is 11.5. The van der Waals surface area contributed by atoms with Crippen molar-refractivity contribution in [1.82, 2.24) is 5.32 Å². The van der Waals surface area contributed by atoms with Crippen molar-refractivity contribution in [1.29, 1.82) is 0 Å². The van der Waals surface area contributed by atoms with Gasteiger partial charge in [0.05, 0.1) is 6.61 Å². The molecule has 25 heavy (non-hydrogen) atoms. The Morgan fingerprint density at radius 1 is 1.16 bits per heavy atom. The van der Waals surface area contributed by atoms with Crippen LogP contribution in [0.1, 0.15) is 24.0 Å². The molecule has 1 aromatic carbocycles. The minimum absolute atomic E-state index is 0.154. The molecule has 0 spiro atoms. The van der Waals surface area contributed by atoms with Crippen molar-refractivity contribution in [2.75, 3.05) is 6.61 Å². The lowest BCUT2D eigenvalue weighted by Crippen LogP contribution is -2.35. The van der Waals surface area contributed by atoms with Gasteiger partial charge in [-0.25, -0.2) is 4.79 Å². The molecule has 2 N–H and O–H groups in total. The number of alkyl halides is 3. The third kappa shape index (κ3) is 6.35. The summed E-state index contributed by atoms with van der Waals surface area (Å²) >= 11 is 0. The van der Waals surface area contributed by atoms with Crippen molar-refractivity contribution >= 4 is 11.9 Å². The molecule has 9 heteroatoms. The van der Waals surface area contributed by atoms with E-state index >= 15 is 0 Å². The summed E-state index contributed by atoms with van der Waals surface area (Å²) in [5.74, 6) is -1.47. The Hall–Kier alpha value is -2.13. The number of amides is 1. The van der Waals surface area contributed by atoms with E-state index in [1.165, 1.54) is 0 Å². The summed E-state index contributed by atoms with van der Waals surface area (Å²) in [4.78, 5) is 22.7. The fourth-order valence-electron chi connectivity index (χ4n) is 2.35. The minimum atomic E-state index is -4.35. The van der Waals surface area contributed by atoms with E-state index in [1.807, 2.05) is 0 Å². The van der Waals surface area contributed by atoms with Gasteiger partial charge >= 0.3 is 12.1 Å². The van der Waals surface area contributed by atoms with Crippen LogP contribution in [0, 0.1) is 0 Å². The van der Waals surface area contributed by atoms with Gasteiger partial charge in [0.25, 0.3) is 0 Å². The number of rotatable bonds is 7. The Balaban J connectivity index is 1.74. The number of carboxylic acids is 1. The summed E-state index contributed by atoms with van der Waals surface area (Å²) < 4.78 is 45.7. The number of carboxylic acid groups (broad SMARTS) is 1. The molecule has 138 valence electrons. The number of hydrogen-bond donors (Lipinski definition) is 2. The highest BCUT2D eigenvalue weighted by Gasteiger charge is 2.34. The highest BCUT2D eigenvalue weighted by Crippen LogP contribution is 2.20. The SMILES string of the molecule is O=C(NCc1ccc(COCC(F)(F)F)cc1)[C@@H]1CC[C@H](C(=O)O)O1. The molecule has 0 aromatic heterocycles. The van der Waals surface area contributed by atoms with E-state index in [9.17, 15) is 22.8 Å². The van der Waals surface area contributed by atoms with Crippen LogP contribution in [0.2, 0.25) is 0 Å².